The second kappa shape index (κ2) is 5.93. The summed E-state index contributed by atoms with van der Waals surface area (Å²) in [5, 5.41) is 7.10. The normalized spacial score (nSPS) is 19.7. The number of hydrogen-bond donors (Lipinski definition) is 2. The highest BCUT2D eigenvalue weighted by atomic mass is 35.5. The molecule has 4 heteroatoms. The van der Waals surface area contributed by atoms with Crippen molar-refractivity contribution in [1.29, 1.82) is 0 Å². The van der Waals surface area contributed by atoms with E-state index in [1.54, 1.807) is 0 Å². The molecular formula is C15H21ClN2O. The topological polar surface area (TPSA) is 41.1 Å². The van der Waals surface area contributed by atoms with Gasteiger partial charge in [0.05, 0.1) is 6.04 Å². The first-order chi connectivity index (χ1) is 9.01. The van der Waals surface area contributed by atoms with Crippen molar-refractivity contribution < 1.29 is 4.79 Å². The van der Waals surface area contributed by atoms with Crippen molar-refractivity contribution in [2.24, 2.45) is 5.41 Å². The van der Waals surface area contributed by atoms with Gasteiger partial charge in [0.1, 0.15) is 0 Å². The molecule has 1 saturated heterocycles. The third kappa shape index (κ3) is 3.48. The maximum atomic E-state index is 12.4. The number of benzene rings is 1. The van der Waals surface area contributed by atoms with Crippen LogP contribution >= 0.6 is 11.6 Å². The van der Waals surface area contributed by atoms with Gasteiger partial charge in [0, 0.05) is 10.4 Å². The van der Waals surface area contributed by atoms with Gasteiger partial charge in [0.2, 0.25) is 5.91 Å². The van der Waals surface area contributed by atoms with Crippen molar-refractivity contribution in [1.82, 2.24) is 10.6 Å². The smallest absolute Gasteiger partial charge is 0.226 e. The van der Waals surface area contributed by atoms with Crippen LogP contribution in [-0.4, -0.2) is 19.0 Å². The summed E-state index contributed by atoms with van der Waals surface area (Å²) in [5.41, 5.74) is 0.788. The lowest BCUT2D eigenvalue weighted by molar-refractivity contribution is -0.132. The number of rotatable bonds is 3. The van der Waals surface area contributed by atoms with Gasteiger partial charge < -0.3 is 10.6 Å². The quantitative estimate of drug-likeness (QED) is 0.894. The highest BCUT2D eigenvalue weighted by molar-refractivity contribution is 6.30. The lowest BCUT2D eigenvalue weighted by atomic mass is 9.80. The molecule has 1 aromatic rings. The van der Waals surface area contributed by atoms with Gasteiger partial charge >= 0.3 is 0 Å². The molecule has 2 N–H and O–H groups in total. The fraction of sp³-hybridized carbons (Fsp3) is 0.533. The maximum absolute atomic E-state index is 12.4. The van der Waals surface area contributed by atoms with E-state index in [9.17, 15) is 4.79 Å². The van der Waals surface area contributed by atoms with E-state index in [0.717, 1.165) is 31.5 Å². The SMILES string of the molecule is C[C@@H](NC(=O)C1(C)CCNCC1)c1cccc(Cl)c1. The largest absolute Gasteiger partial charge is 0.349 e. The first-order valence-corrected chi connectivity index (χ1v) is 7.16. The van der Waals surface area contributed by atoms with Crippen LogP contribution in [0, 0.1) is 5.41 Å². The zero-order valence-corrected chi connectivity index (χ0v) is 12.3. The third-order valence-corrected chi connectivity index (χ3v) is 4.19. The van der Waals surface area contributed by atoms with Gasteiger partial charge in [-0.15, -0.1) is 0 Å². The van der Waals surface area contributed by atoms with Crippen LogP contribution in [0.1, 0.15) is 38.3 Å². The van der Waals surface area contributed by atoms with Gasteiger partial charge in [0.15, 0.2) is 0 Å². The van der Waals surface area contributed by atoms with Gasteiger partial charge in [-0.05, 0) is 50.6 Å². The van der Waals surface area contributed by atoms with Crippen molar-refractivity contribution in [3.63, 3.8) is 0 Å². The number of amides is 1. The Morgan fingerprint density at radius 3 is 2.74 bits per heavy atom. The van der Waals surface area contributed by atoms with Crippen molar-refractivity contribution in [3.05, 3.63) is 34.9 Å². The Morgan fingerprint density at radius 2 is 2.11 bits per heavy atom. The fourth-order valence-corrected chi connectivity index (χ4v) is 2.63. The molecule has 2 rings (SSSR count). The average Bonchev–Trinajstić information content (AvgIpc) is 2.39. The lowest BCUT2D eigenvalue weighted by Gasteiger charge is -2.33. The maximum Gasteiger partial charge on any atom is 0.226 e. The Bertz CT molecular complexity index is 455. The molecule has 0 saturated carbocycles. The molecule has 1 atom stereocenters. The summed E-state index contributed by atoms with van der Waals surface area (Å²) < 4.78 is 0. The molecule has 1 aliphatic rings. The first-order valence-electron chi connectivity index (χ1n) is 6.78. The predicted octanol–water partition coefficient (Wildman–Crippen LogP) is 2.91. The van der Waals surface area contributed by atoms with Gasteiger partial charge in [-0.25, -0.2) is 0 Å². The Hall–Kier alpha value is -1.06. The summed E-state index contributed by atoms with van der Waals surface area (Å²) in [6.07, 6.45) is 1.78. The molecule has 104 valence electrons. The van der Waals surface area contributed by atoms with Crippen molar-refractivity contribution in [2.75, 3.05) is 13.1 Å². The summed E-state index contributed by atoms with van der Waals surface area (Å²) >= 11 is 5.98. The monoisotopic (exact) mass is 280 g/mol. The van der Waals surface area contributed by atoms with Crippen molar-refractivity contribution in [2.45, 2.75) is 32.7 Å². The molecule has 1 fully saturated rings. The van der Waals surface area contributed by atoms with Crippen molar-refractivity contribution >= 4 is 17.5 Å². The van der Waals surface area contributed by atoms with E-state index >= 15 is 0 Å². The molecule has 19 heavy (non-hydrogen) atoms. The molecule has 0 spiro atoms. The minimum absolute atomic E-state index is 0.0158. The zero-order valence-electron chi connectivity index (χ0n) is 11.5. The molecule has 1 amide bonds. The van der Waals surface area contributed by atoms with Crippen LogP contribution < -0.4 is 10.6 Å². The van der Waals surface area contributed by atoms with E-state index in [1.165, 1.54) is 0 Å². The first kappa shape index (κ1) is 14.4. The van der Waals surface area contributed by atoms with E-state index in [0.29, 0.717) is 5.02 Å². The molecular weight excluding hydrogens is 260 g/mol. The van der Waals surface area contributed by atoms with Crippen LogP contribution in [0.2, 0.25) is 5.02 Å². The third-order valence-electron chi connectivity index (χ3n) is 3.95. The minimum atomic E-state index is -0.252. The summed E-state index contributed by atoms with van der Waals surface area (Å²) in [7, 11) is 0. The molecule has 3 nitrogen and oxygen atoms in total. The van der Waals surface area contributed by atoms with Gasteiger partial charge in [0.25, 0.3) is 0 Å². The molecule has 0 unspecified atom stereocenters. The number of carbonyl (C=O) groups is 1. The zero-order chi connectivity index (χ0) is 13.9. The highest BCUT2D eigenvalue weighted by Crippen LogP contribution is 2.29. The van der Waals surface area contributed by atoms with Crippen LogP contribution in [0.3, 0.4) is 0 Å². The summed E-state index contributed by atoms with van der Waals surface area (Å²) in [6, 6.07) is 7.62. The molecule has 0 aromatic heterocycles. The standard InChI is InChI=1S/C15H21ClN2O/c1-11(12-4-3-5-13(16)10-12)18-14(19)15(2)6-8-17-9-7-15/h3-5,10-11,17H,6-9H2,1-2H3,(H,18,19)/t11-/m1/s1. The minimum Gasteiger partial charge on any atom is -0.349 e. The van der Waals surface area contributed by atoms with Crippen molar-refractivity contribution in [3.8, 4) is 0 Å². The Labute approximate surface area is 119 Å². The molecule has 1 aliphatic heterocycles. The van der Waals surface area contributed by atoms with E-state index in [-0.39, 0.29) is 17.4 Å². The number of halogens is 1. The fourth-order valence-electron chi connectivity index (χ4n) is 2.44. The second-order valence-electron chi connectivity index (χ2n) is 5.56. The number of hydrogen-bond acceptors (Lipinski definition) is 2. The van der Waals surface area contributed by atoms with Gasteiger partial charge in [-0.1, -0.05) is 30.7 Å². The Balaban J connectivity index is 2.02. The van der Waals surface area contributed by atoms with Gasteiger partial charge in [-0.2, -0.15) is 0 Å². The Morgan fingerprint density at radius 1 is 1.42 bits per heavy atom. The Kier molecular flexibility index (Phi) is 4.48. The van der Waals surface area contributed by atoms with E-state index in [4.69, 9.17) is 11.6 Å². The summed E-state index contributed by atoms with van der Waals surface area (Å²) in [6.45, 7) is 5.87. The molecule has 1 heterocycles. The van der Waals surface area contributed by atoms with Crippen LogP contribution in [0.5, 0.6) is 0 Å². The van der Waals surface area contributed by atoms with E-state index < -0.39 is 0 Å². The second-order valence-corrected chi connectivity index (χ2v) is 6.00. The number of nitrogens with one attached hydrogen (secondary N) is 2. The van der Waals surface area contributed by atoms with Crippen LogP contribution in [0.25, 0.3) is 0 Å². The number of piperidine rings is 1. The van der Waals surface area contributed by atoms with E-state index in [2.05, 4.69) is 10.6 Å². The molecule has 0 aliphatic carbocycles. The average molecular weight is 281 g/mol. The van der Waals surface area contributed by atoms with Gasteiger partial charge in [-0.3, -0.25) is 4.79 Å². The number of carbonyl (C=O) groups excluding carboxylic acids is 1. The lowest BCUT2D eigenvalue weighted by Crippen LogP contribution is -2.46. The predicted molar refractivity (Wildman–Crippen MR) is 78.2 cm³/mol. The summed E-state index contributed by atoms with van der Waals surface area (Å²) in [4.78, 5) is 12.4. The molecule has 0 bridgehead atoms. The molecule has 0 radical (unpaired) electrons. The molecule has 1 aromatic carbocycles. The highest BCUT2D eigenvalue weighted by Gasteiger charge is 2.35. The summed E-state index contributed by atoms with van der Waals surface area (Å²) in [5.74, 6) is 0.140. The van der Waals surface area contributed by atoms with Crippen LogP contribution in [0.4, 0.5) is 0 Å². The van der Waals surface area contributed by atoms with Crippen LogP contribution in [-0.2, 0) is 4.79 Å². The van der Waals surface area contributed by atoms with Crippen LogP contribution in [0.15, 0.2) is 24.3 Å². The van der Waals surface area contributed by atoms with E-state index in [1.807, 2.05) is 38.1 Å².